The van der Waals surface area contributed by atoms with E-state index in [1.54, 1.807) is 6.07 Å². The Kier molecular flexibility index (Phi) is 5.30. The molecule has 0 saturated carbocycles. The molecule has 6 heteroatoms. The first-order valence-electron chi connectivity index (χ1n) is 7.17. The highest BCUT2D eigenvalue weighted by atomic mass is 16.6. The number of pyridine rings is 1. The number of hydrogen-bond acceptors (Lipinski definition) is 5. The zero-order chi connectivity index (χ0) is 15.9. The third-order valence-corrected chi connectivity index (χ3v) is 3.36. The minimum Gasteiger partial charge on any atom is -0.378 e. The molecule has 1 heterocycles. The number of rotatable bonds is 7. The summed E-state index contributed by atoms with van der Waals surface area (Å²) in [6.07, 6.45) is 3.22. The molecule has 0 aliphatic rings. The quantitative estimate of drug-likeness (QED) is 0.483. The molecule has 2 aromatic rings. The molecule has 2 rings (SSSR count). The van der Waals surface area contributed by atoms with Crippen molar-refractivity contribution in [3.05, 3.63) is 58.3 Å². The van der Waals surface area contributed by atoms with Crippen LogP contribution in [0.5, 0.6) is 0 Å². The summed E-state index contributed by atoms with van der Waals surface area (Å²) in [5.74, 6) is 0.661. The highest BCUT2D eigenvalue weighted by Crippen LogP contribution is 2.14. The molecule has 0 unspecified atom stereocenters. The lowest BCUT2D eigenvalue weighted by atomic mass is 10.1. The van der Waals surface area contributed by atoms with Crippen LogP contribution in [-0.4, -0.2) is 30.5 Å². The summed E-state index contributed by atoms with van der Waals surface area (Å²) in [7, 11) is 4.05. The third-order valence-electron chi connectivity index (χ3n) is 3.36. The van der Waals surface area contributed by atoms with Gasteiger partial charge < -0.3 is 10.2 Å². The van der Waals surface area contributed by atoms with Crippen molar-refractivity contribution in [1.82, 2.24) is 4.98 Å². The molecule has 0 spiro atoms. The molecule has 116 valence electrons. The van der Waals surface area contributed by atoms with Crippen LogP contribution in [0.25, 0.3) is 0 Å². The van der Waals surface area contributed by atoms with Crippen LogP contribution in [0.4, 0.5) is 17.2 Å². The average molecular weight is 300 g/mol. The van der Waals surface area contributed by atoms with Crippen LogP contribution in [0.1, 0.15) is 12.0 Å². The van der Waals surface area contributed by atoms with E-state index in [1.165, 1.54) is 23.5 Å². The van der Waals surface area contributed by atoms with Gasteiger partial charge >= 0.3 is 0 Å². The van der Waals surface area contributed by atoms with Crippen LogP contribution >= 0.6 is 0 Å². The predicted octanol–water partition coefficient (Wildman–Crippen LogP) is 3.10. The second-order valence-electron chi connectivity index (χ2n) is 5.25. The van der Waals surface area contributed by atoms with Gasteiger partial charge in [0.2, 0.25) is 0 Å². The van der Waals surface area contributed by atoms with E-state index in [4.69, 9.17) is 0 Å². The molecule has 0 bridgehead atoms. The van der Waals surface area contributed by atoms with E-state index < -0.39 is 4.92 Å². The lowest BCUT2D eigenvalue weighted by molar-refractivity contribution is -0.385. The maximum absolute atomic E-state index is 10.5. The second-order valence-corrected chi connectivity index (χ2v) is 5.25. The van der Waals surface area contributed by atoms with E-state index in [0.29, 0.717) is 5.82 Å². The number of nitrogens with zero attached hydrogens (tertiary/aromatic N) is 3. The molecule has 0 fully saturated rings. The number of hydrogen-bond donors (Lipinski definition) is 1. The first-order valence-corrected chi connectivity index (χ1v) is 7.17. The molecule has 0 aliphatic heterocycles. The van der Waals surface area contributed by atoms with Crippen LogP contribution < -0.4 is 10.2 Å². The van der Waals surface area contributed by atoms with E-state index in [2.05, 4.69) is 39.5 Å². The number of benzene rings is 1. The van der Waals surface area contributed by atoms with Crippen molar-refractivity contribution in [2.45, 2.75) is 12.8 Å². The van der Waals surface area contributed by atoms with Gasteiger partial charge in [-0.3, -0.25) is 10.1 Å². The van der Waals surface area contributed by atoms with Gasteiger partial charge in [0.1, 0.15) is 12.0 Å². The molecule has 1 N–H and O–H groups in total. The Morgan fingerprint density at radius 2 is 1.91 bits per heavy atom. The molecule has 0 aliphatic carbocycles. The highest BCUT2D eigenvalue weighted by molar-refractivity contribution is 5.46. The normalized spacial score (nSPS) is 10.3. The number of anilines is 2. The molecular formula is C16H20N4O2. The minimum atomic E-state index is -0.450. The summed E-state index contributed by atoms with van der Waals surface area (Å²) < 4.78 is 0. The van der Waals surface area contributed by atoms with Gasteiger partial charge in [-0.1, -0.05) is 12.1 Å². The topological polar surface area (TPSA) is 71.3 Å². The van der Waals surface area contributed by atoms with Crippen LogP contribution in [0.2, 0.25) is 0 Å². The van der Waals surface area contributed by atoms with Gasteiger partial charge in [-0.25, -0.2) is 4.98 Å². The zero-order valence-corrected chi connectivity index (χ0v) is 12.8. The molecular weight excluding hydrogens is 280 g/mol. The van der Waals surface area contributed by atoms with Gasteiger partial charge in [0, 0.05) is 32.4 Å². The largest absolute Gasteiger partial charge is 0.378 e. The Hall–Kier alpha value is -2.63. The summed E-state index contributed by atoms with van der Waals surface area (Å²) in [5, 5.41) is 13.7. The Morgan fingerprint density at radius 1 is 1.18 bits per heavy atom. The standard InChI is InChI=1S/C16H20N4O2/c1-19(2)14-7-5-13(6-8-14)4-3-11-17-16-10-9-15(12-18-16)20(21)22/h5-10,12H,3-4,11H2,1-2H3,(H,17,18). The van der Waals surface area contributed by atoms with E-state index in [1.807, 2.05) is 14.1 Å². The fourth-order valence-electron chi connectivity index (χ4n) is 2.07. The van der Waals surface area contributed by atoms with Crippen molar-refractivity contribution < 1.29 is 4.92 Å². The summed E-state index contributed by atoms with van der Waals surface area (Å²) in [4.78, 5) is 16.2. The van der Waals surface area contributed by atoms with Gasteiger partial charge in [0.05, 0.1) is 4.92 Å². The SMILES string of the molecule is CN(C)c1ccc(CCCNc2ccc([N+](=O)[O-])cn2)cc1. The van der Waals surface area contributed by atoms with Crippen molar-refractivity contribution in [3.8, 4) is 0 Å². The van der Waals surface area contributed by atoms with Crippen molar-refractivity contribution in [1.29, 1.82) is 0 Å². The van der Waals surface area contributed by atoms with Gasteiger partial charge in [-0.05, 0) is 36.6 Å². The zero-order valence-electron chi connectivity index (χ0n) is 12.8. The second kappa shape index (κ2) is 7.40. The summed E-state index contributed by atoms with van der Waals surface area (Å²) >= 11 is 0. The summed E-state index contributed by atoms with van der Waals surface area (Å²) in [6, 6.07) is 11.6. The van der Waals surface area contributed by atoms with Crippen LogP contribution in [0.3, 0.4) is 0 Å². The number of aromatic nitrogens is 1. The van der Waals surface area contributed by atoms with E-state index in [9.17, 15) is 10.1 Å². The van der Waals surface area contributed by atoms with E-state index >= 15 is 0 Å². The Balaban J connectivity index is 1.75. The molecule has 0 atom stereocenters. The fourth-order valence-corrected chi connectivity index (χ4v) is 2.07. The van der Waals surface area contributed by atoms with Gasteiger partial charge in [0.25, 0.3) is 5.69 Å². The third kappa shape index (κ3) is 4.44. The molecule has 1 aromatic heterocycles. The van der Waals surface area contributed by atoms with Crippen molar-refractivity contribution in [2.24, 2.45) is 0 Å². The minimum absolute atomic E-state index is 0.00605. The van der Waals surface area contributed by atoms with E-state index in [-0.39, 0.29) is 5.69 Å². The molecule has 6 nitrogen and oxygen atoms in total. The number of nitrogens with one attached hydrogen (secondary N) is 1. The smallest absolute Gasteiger partial charge is 0.287 e. The fraction of sp³-hybridized carbons (Fsp3) is 0.312. The average Bonchev–Trinajstić information content (AvgIpc) is 2.52. The Labute approximate surface area is 129 Å². The lowest BCUT2D eigenvalue weighted by Crippen LogP contribution is -2.08. The lowest BCUT2D eigenvalue weighted by Gasteiger charge is -2.12. The van der Waals surface area contributed by atoms with E-state index in [0.717, 1.165) is 19.4 Å². The van der Waals surface area contributed by atoms with Gasteiger partial charge in [-0.15, -0.1) is 0 Å². The van der Waals surface area contributed by atoms with Crippen molar-refractivity contribution in [3.63, 3.8) is 0 Å². The maximum Gasteiger partial charge on any atom is 0.287 e. The van der Waals surface area contributed by atoms with Crippen molar-refractivity contribution >= 4 is 17.2 Å². The van der Waals surface area contributed by atoms with Crippen LogP contribution in [0, 0.1) is 10.1 Å². The van der Waals surface area contributed by atoms with Gasteiger partial charge in [-0.2, -0.15) is 0 Å². The summed E-state index contributed by atoms with van der Waals surface area (Å²) in [5.41, 5.74) is 2.49. The number of nitro groups is 1. The van der Waals surface area contributed by atoms with Crippen molar-refractivity contribution in [2.75, 3.05) is 30.9 Å². The Morgan fingerprint density at radius 3 is 2.45 bits per heavy atom. The maximum atomic E-state index is 10.5. The first-order chi connectivity index (χ1) is 10.6. The molecule has 0 amide bonds. The molecule has 22 heavy (non-hydrogen) atoms. The molecule has 0 saturated heterocycles. The molecule has 1 aromatic carbocycles. The van der Waals surface area contributed by atoms with Crippen LogP contribution in [0.15, 0.2) is 42.6 Å². The van der Waals surface area contributed by atoms with Gasteiger partial charge in [0.15, 0.2) is 0 Å². The summed E-state index contributed by atoms with van der Waals surface area (Å²) in [6.45, 7) is 0.778. The number of aryl methyl sites for hydroxylation is 1. The Bertz CT molecular complexity index is 609. The first kappa shape index (κ1) is 15.8. The predicted molar refractivity (Wildman–Crippen MR) is 88.5 cm³/mol. The highest BCUT2D eigenvalue weighted by Gasteiger charge is 2.04. The van der Waals surface area contributed by atoms with Crippen LogP contribution in [-0.2, 0) is 6.42 Å². The monoisotopic (exact) mass is 300 g/mol. The molecule has 0 radical (unpaired) electrons.